The van der Waals surface area contributed by atoms with Crippen molar-refractivity contribution in [3.05, 3.63) is 53.1 Å². The van der Waals surface area contributed by atoms with Crippen LogP contribution in [0.25, 0.3) is 0 Å². The highest BCUT2D eigenvalue weighted by Gasteiger charge is 2.35. The Kier molecular flexibility index (Phi) is 3.76. The van der Waals surface area contributed by atoms with Crippen LogP contribution in [-0.2, 0) is 6.18 Å². The minimum absolute atomic E-state index is 0.169. The van der Waals surface area contributed by atoms with E-state index in [4.69, 9.17) is 10.5 Å². The first-order valence-electron chi connectivity index (χ1n) is 5.79. The number of halogens is 5. The molecule has 2 rings (SSSR count). The predicted octanol–water partition coefficient (Wildman–Crippen LogP) is 4.67. The van der Waals surface area contributed by atoms with Crippen molar-refractivity contribution in [2.75, 3.05) is 5.73 Å². The molecule has 0 amide bonds. The van der Waals surface area contributed by atoms with Crippen LogP contribution in [0.3, 0.4) is 0 Å². The van der Waals surface area contributed by atoms with E-state index in [2.05, 4.69) is 0 Å². The fourth-order valence-corrected chi connectivity index (χ4v) is 1.73. The largest absolute Gasteiger partial charge is 0.455 e. The topological polar surface area (TPSA) is 35.2 Å². The van der Waals surface area contributed by atoms with Crippen molar-refractivity contribution in [2.45, 2.75) is 13.1 Å². The fourth-order valence-electron chi connectivity index (χ4n) is 1.73. The van der Waals surface area contributed by atoms with Gasteiger partial charge in [0.05, 0.1) is 5.56 Å². The van der Waals surface area contributed by atoms with Gasteiger partial charge in [-0.2, -0.15) is 13.2 Å². The van der Waals surface area contributed by atoms with E-state index in [1.807, 2.05) is 0 Å². The second kappa shape index (κ2) is 5.23. The number of anilines is 1. The van der Waals surface area contributed by atoms with Crippen LogP contribution >= 0.6 is 0 Å². The lowest BCUT2D eigenvalue weighted by molar-refractivity contribution is -0.139. The van der Waals surface area contributed by atoms with Crippen LogP contribution in [0.1, 0.15) is 11.1 Å². The fraction of sp³-hybridized carbons (Fsp3) is 0.143. The van der Waals surface area contributed by atoms with Gasteiger partial charge in [0.1, 0.15) is 17.3 Å². The van der Waals surface area contributed by atoms with Crippen molar-refractivity contribution in [3.8, 4) is 11.5 Å². The molecule has 0 saturated carbocycles. The number of ether oxygens (including phenoxy) is 1. The van der Waals surface area contributed by atoms with Gasteiger partial charge in [0.2, 0.25) is 0 Å². The summed E-state index contributed by atoms with van der Waals surface area (Å²) in [7, 11) is 0. The number of hydrogen-bond donors (Lipinski definition) is 1. The molecule has 0 aliphatic rings. The molecule has 2 aromatic carbocycles. The van der Waals surface area contributed by atoms with Crippen molar-refractivity contribution in [1.29, 1.82) is 0 Å². The van der Waals surface area contributed by atoms with Crippen LogP contribution in [-0.4, -0.2) is 0 Å². The molecule has 2 aromatic rings. The zero-order valence-electron chi connectivity index (χ0n) is 10.8. The maximum absolute atomic E-state index is 13.6. The Morgan fingerprint density at radius 1 is 1.00 bits per heavy atom. The summed E-state index contributed by atoms with van der Waals surface area (Å²) >= 11 is 0. The van der Waals surface area contributed by atoms with E-state index in [1.54, 1.807) is 0 Å². The van der Waals surface area contributed by atoms with Gasteiger partial charge in [-0.1, -0.05) is 0 Å². The number of nitrogens with two attached hydrogens (primary N) is 1. The van der Waals surface area contributed by atoms with Gasteiger partial charge < -0.3 is 10.5 Å². The van der Waals surface area contributed by atoms with Crippen molar-refractivity contribution in [1.82, 2.24) is 0 Å². The van der Waals surface area contributed by atoms with Crippen LogP contribution in [0, 0.1) is 18.6 Å². The first kappa shape index (κ1) is 15.1. The SMILES string of the molecule is Cc1cc(F)ccc1Oc1ccc(C(F)(F)F)c(F)c1N. The molecular formula is C14H10F5NO. The molecule has 0 spiro atoms. The number of aryl methyl sites for hydroxylation is 1. The Bertz CT molecular complexity index is 682. The van der Waals surface area contributed by atoms with Crippen molar-refractivity contribution in [2.24, 2.45) is 0 Å². The van der Waals surface area contributed by atoms with Crippen molar-refractivity contribution < 1.29 is 26.7 Å². The number of benzene rings is 2. The first-order valence-corrected chi connectivity index (χ1v) is 5.79. The first-order chi connectivity index (χ1) is 9.70. The molecule has 0 bridgehead atoms. The second-order valence-electron chi connectivity index (χ2n) is 4.35. The summed E-state index contributed by atoms with van der Waals surface area (Å²) in [6.45, 7) is 1.54. The van der Waals surface area contributed by atoms with Crippen LogP contribution in [0.15, 0.2) is 30.3 Å². The van der Waals surface area contributed by atoms with E-state index < -0.39 is 29.1 Å². The third-order valence-electron chi connectivity index (χ3n) is 2.80. The Morgan fingerprint density at radius 2 is 1.62 bits per heavy atom. The van der Waals surface area contributed by atoms with E-state index in [9.17, 15) is 22.0 Å². The van der Waals surface area contributed by atoms with Gasteiger partial charge in [-0.15, -0.1) is 0 Å². The minimum Gasteiger partial charge on any atom is -0.455 e. The highest BCUT2D eigenvalue weighted by Crippen LogP contribution is 2.38. The third-order valence-corrected chi connectivity index (χ3v) is 2.80. The molecule has 0 aliphatic carbocycles. The molecule has 0 aromatic heterocycles. The molecule has 7 heteroatoms. The van der Waals surface area contributed by atoms with Gasteiger partial charge >= 0.3 is 6.18 Å². The second-order valence-corrected chi connectivity index (χ2v) is 4.35. The average molecular weight is 303 g/mol. The summed E-state index contributed by atoms with van der Waals surface area (Å²) in [5, 5.41) is 0. The molecule has 0 atom stereocenters. The van der Waals surface area contributed by atoms with Gasteiger partial charge in [0.15, 0.2) is 11.6 Å². The molecule has 0 heterocycles. The van der Waals surface area contributed by atoms with E-state index in [1.165, 1.54) is 19.1 Å². The lowest BCUT2D eigenvalue weighted by Crippen LogP contribution is -2.10. The normalized spacial score (nSPS) is 11.5. The molecule has 0 aliphatic heterocycles. The third kappa shape index (κ3) is 3.07. The molecule has 21 heavy (non-hydrogen) atoms. The Hall–Kier alpha value is -2.31. The lowest BCUT2D eigenvalue weighted by Gasteiger charge is -2.14. The summed E-state index contributed by atoms with van der Waals surface area (Å²) in [6, 6.07) is 5.02. The van der Waals surface area contributed by atoms with E-state index in [0.29, 0.717) is 11.6 Å². The summed E-state index contributed by atoms with van der Waals surface area (Å²) in [5.41, 5.74) is 3.51. The summed E-state index contributed by atoms with van der Waals surface area (Å²) in [6.07, 6.45) is -4.84. The van der Waals surface area contributed by atoms with E-state index in [-0.39, 0.29) is 11.5 Å². The standard InChI is InChI=1S/C14H10F5NO/c1-7-6-8(15)2-4-10(7)21-11-5-3-9(14(17,18)19)12(16)13(11)20/h2-6H,20H2,1H3. The zero-order valence-corrected chi connectivity index (χ0v) is 10.8. The zero-order chi connectivity index (χ0) is 15.8. The molecule has 2 nitrogen and oxygen atoms in total. The van der Waals surface area contributed by atoms with Crippen LogP contribution in [0.5, 0.6) is 11.5 Å². The quantitative estimate of drug-likeness (QED) is 0.646. The van der Waals surface area contributed by atoms with Crippen molar-refractivity contribution >= 4 is 5.69 Å². The Balaban J connectivity index is 2.40. The van der Waals surface area contributed by atoms with Gasteiger partial charge in [-0.05, 0) is 42.8 Å². The molecular weight excluding hydrogens is 293 g/mol. The Morgan fingerprint density at radius 3 is 2.19 bits per heavy atom. The van der Waals surface area contributed by atoms with Gasteiger partial charge in [-0.25, -0.2) is 8.78 Å². The highest BCUT2D eigenvalue weighted by atomic mass is 19.4. The summed E-state index contributed by atoms with van der Waals surface area (Å²) in [4.78, 5) is 0. The molecule has 0 fully saturated rings. The molecule has 0 saturated heterocycles. The number of rotatable bonds is 2. The van der Waals surface area contributed by atoms with Crippen LogP contribution in [0.2, 0.25) is 0 Å². The average Bonchev–Trinajstić information content (AvgIpc) is 2.36. The summed E-state index contributed by atoms with van der Waals surface area (Å²) < 4.78 is 69.4. The van der Waals surface area contributed by atoms with Crippen molar-refractivity contribution in [3.63, 3.8) is 0 Å². The monoisotopic (exact) mass is 303 g/mol. The Labute approximate surface area is 116 Å². The maximum Gasteiger partial charge on any atom is 0.419 e. The number of alkyl halides is 3. The lowest BCUT2D eigenvalue weighted by atomic mass is 10.1. The van der Waals surface area contributed by atoms with Gasteiger partial charge in [0.25, 0.3) is 0 Å². The van der Waals surface area contributed by atoms with Gasteiger partial charge in [-0.3, -0.25) is 0 Å². The molecule has 0 radical (unpaired) electrons. The van der Waals surface area contributed by atoms with E-state index in [0.717, 1.165) is 12.1 Å². The highest BCUT2D eigenvalue weighted by molar-refractivity contribution is 5.58. The number of nitrogen functional groups attached to an aromatic ring is 1. The smallest absolute Gasteiger partial charge is 0.419 e. The molecule has 112 valence electrons. The van der Waals surface area contributed by atoms with Gasteiger partial charge in [0, 0.05) is 0 Å². The summed E-state index contributed by atoms with van der Waals surface area (Å²) in [5.74, 6) is -2.19. The maximum atomic E-state index is 13.6. The molecule has 2 N–H and O–H groups in total. The van der Waals surface area contributed by atoms with Crippen LogP contribution < -0.4 is 10.5 Å². The van der Waals surface area contributed by atoms with Crippen LogP contribution in [0.4, 0.5) is 27.6 Å². The minimum atomic E-state index is -4.84. The van der Waals surface area contributed by atoms with E-state index >= 15 is 0 Å². The number of hydrogen-bond acceptors (Lipinski definition) is 2. The molecule has 0 unspecified atom stereocenters. The predicted molar refractivity (Wildman–Crippen MR) is 67.0 cm³/mol.